The summed E-state index contributed by atoms with van der Waals surface area (Å²) in [7, 11) is -4.64. The molecule has 0 atom stereocenters. The Hall–Kier alpha value is -1.07. The molecule has 2 aromatic rings. The van der Waals surface area contributed by atoms with Gasteiger partial charge in [0.05, 0.1) is 10.0 Å². The molecule has 0 aliphatic carbocycles. The lowest BCUT2D eigenvalue weighted by molar-refractivity contribution is 0.275. The second-order valence-corrected chi connectivity index (χ2v) is 5.32. The summed E-state index contributed by atoms with van der Waals surface area (Å²) >= 11 is 11.9. The van der Waals surface area contributed by atoms with Gasteiger partial charge in [-0.1, -0.05) is 47.5 Å². The molecular weight excluding hydrogens is 326 g/mol. The number of ether oxygens (including phenoxy) is 1. The zero-order valence-electron chi connectivity index (χ0n) is 9.98. The first-order valence-electron chi connectivity index (χ1n) is 5.22. The Kier molecular flexibility index (Phi) is 6.49. The minimum Gasteiger partial charge on any atom is -0.454 e. The molecule has 0 amide bonds. The van der Waals surface area contributed by atoms with Gasteiger partial charge in [-0.25, -0.2) is 4.57 Å². The van der Waals surface area contributed by atoms with Gasteiger partial charge in [0.1, 0.15) is 11.5 Å². The van der Waals surface area contributed by atoms with Gasteiger partial charge >= 0.3 is 7.82 Å². The molecule has 0 radical (unpaired) electrons. The summed E-state index contributed by atoms with van der Waals surface area (Å²) in [5.41, 5.74) is 0. The molecule has 20 heavy (non-hydrogen) atoms. The van der Waals surface area contributed by atoms with Gasteiger partial charge in [0.15, 0.2) is 0 Å². The average molecular weight is 337 g/mol. The van der Waals surface area contributed by atoms with E-state index in [1.165, 1.54) is 0 Å². The molecule has 0 aliphatic heterocycles. The van der Waals surface area contributed by atoms with Gasteiger partial charge < -0.3 is 19.4 Å². The third-order valence-electron chi connectivity index (χ3n) is 1.89. The van der Waals surface area contributed by atoms with E-state index >= 15 is 0 Å². The number of benzene rings is 2. The van der Waals surface area contributed by atoms with Gasteiger partial charge in [0, 0.05) is 0 Å². The maximum Gasteiger partial charge on any atom is 0.466 e. The molecule has 2 rings (SSSR count). The lowest BCUT2D eigenvalue weighted by atomic mass is 10.3. The molecule has 0 fully saturated rings. The van der Waals surface area contributed by atoms with Crippen molar-refractivity contribution < 1.29 is 24.0 Å². The van der Waals surface area contributed by atoms with Crippen molar-refractivity contribution in [2.75, 3.05) is 0 Å². The van der Waals surface area contributed by atoms with Crippen LogP contribution >= 0.6 is 31.0 Å². The number of hydrogen-bond acceptors (Lipinski definition) is 2. The first-order chi connectivity index (χ1) is 9.27. The van der Waals surface area contributed by atoms with Crippen molar-refractivity contribution in [3.63, 3.8) is 0 Å². The van der Waals surface area contributed by atoms with E-state index in [0.717, 1.165) is 0 Å². The van der Waals surface area contributed by atoms with E-state index < -0.39 is 7.82 Å². The highest BCUT2D eigenvalue weighted by molar-refractivity contribution is 7.45. The summed E-state index contributed by atoms with van der Waals surface area (Å²) in [4.78, 5) is 21.6. The van der Waals surface area contributed by atoms with Crippen LogP contribution in [-0.2, 0) is 4.57 Å². The van der Waals surface area contributed by atoms with Crippen molar-refractivity contribution in [1.82, 2.24) is 0 Å². The van der Waals surface area contributed by atoms with E-state index in [2.05, 4.69) is 0 Å². The molecular formula is C12H11Cl2O5P. The van der Waals surface area contributed by atoms with Crippen LogP contribution in [0.4, 0.5) is 0 Å². The molecule has 2 aromatic carbocycles. The molecule has 3 N–H and O–H groups in total. The Morgan fingerprint density at radius 2 is 1.10 bits per heavy atom. The average Bonchev–Trinajstić information content (AvgIpc) is 2.33. The van der Waals surface area contributed by atoms with Crippen LogP contribution in [-0.4, -0.2) is 14.7 Å². The molecule has 0 aromatic heterocycles. The third-order valence-corrected chi connectivity index (χ3v) is 2.52. The number of phosphoric acid groups is 1. The molecule has 0 saturated heterocycles. The van der Waals surface area contributed by atoms with Gasteiger partial charge in [-0.2, -0.15) is 0 Å². The van der Waals surface area contributed by atoms with Crippen molar-refractivity contribution in [2.24, 2.45) is 0 Å². The number of rotatable bonds is 2. The van der Waals surface area contributed by atoms with Crippen molar-refractivity contribution >= 4 is 31.0 Å². The summed E-state index contributed by atoms with van der Waals surface area (Å²) in [5, 5.41) is 1.13. The highest BCUT2D eigenvalue weighted by Crippen LogP contribution is 2.32. The zero-order chi connectivity index (χ0) is 15.2. The van der Waals surface area contributed by atoms with E-state index in [1.54, 1.807) is 24.3 Å². The molecule has 0 bridgehead atoms. The van der Waals surface area contributed by atoms with Crippen molar-refractivity contribution in [3.8, 4) is 11.5 Å². The van der Waals surface area contributed by atoms with Crippen molar-refractivity contribution in [2.45, 2.75) is 0 Å². The summed E-state index contributed by atoms with van der Waals surface area (Å²) in [6.07, 6.45) is 0. The Balaban J connectivity index is 0.000000347. The maximum atomic E-state index is 8.88. The normalized spacial score (nSPS) is 10.4. The summed E-state index contributed by atoms with van der Waals surface area (Å²) in [6.45, 7) is 0. The molecule has 108 valence electrons. The topological polar surface area (TPSA) is 87.0 Å². The Bertz CT molecular complexity index is 563. The minimum absolute atomic E-state index is 0.567. The predicted molar refractivity (Wildman–Crippen MR) is 77.2 cm³/mol. The number of para-hydroxylation sites is 2. The van der Waals surface area contributed by atoms with Gasteiger partial charge in [-0.15, -0.1) is 0 Å². The van der Waals surface area contributed by atoms with Gasteiger partial charge in [-0.05, 0) is 24.3 Å². The van der Waals surface area contributed by atoms with Crippen LogP contribution in [0.15, 0.2) is 48.5 Å². The van der Waals surface area contributed by atoms with E-state index in [9.17, 15) is 0 Å². The molecule has 8 heteroatoms. The Morgan fingerprint density at radius 1 is 0.800 bits per heavy atom. The highest BCUT2D eigenvalue weighted by Gasteiger charge is 2.04. The van der Waals surface area contributed by atoms with Crippen LogP contribution in [0.1, 0.15) is 0 Å². The summed E-state index contributed by atoms with van der Waals surface area (Å²) < 4.78 is 14.5. The Morgan fingerprint density at radius 3 is 1.40 bits per heavy atom. The van der Waals surface area contributed by atoms with Crippen LogP contribution in [0.25, 0.3) is 0 Å². The fourth-order valence-corrected chi connectivity index (χ4v) is 1.52. The first kappa shape index (κ1) is 17.0. The smallest absolute Gasteiger partial charge is 0.454 e. The Labute approximate surface area is 125 Å². The van der Waals surface area contributed by atoms with Crippen LogP contribution in [0.2, 0.25) is 10.0 Å². The molecule has 0 aliphatic rings. The second-order valence-electron chi connectivity index (χ2n) is 3.48. The van der Waals surface area contributed by atoms with E-state index in [4.69, 9.17) is 47.2 Å². The largest absolute Gasteiger partial charge is 0.466 e. The van der Waals surface area contributed by atoms with E-state index in [-0.39, 0.29) is 0 Å². The van der Waals surface area contributed by atoms with Crippen molar-refractivity contribution in [3.05, 3.63) is 58.6 Å². The third kappa shape index (κ3) is 6.91. The van der Waals surface area contributed by atoms with Crippen molar-refractivity contribution in [1.29, 1.82) is 0 Å². The lowest BCUT2D eigenvalue weighted by Crippen LogP contribution is -1.85. The molecule has 5 nitrogen and oxygen atoms in total. The van der Waals surface area contributed by atoms with E-state index in [1.807, 2.05) is 24.3 Å². The fraction of sp³-hybridized carbons (Fsp3) is 0. The quantitative estimate of drug-likeness (QED) is 0.725. The number of hydrogen-bond donors (Lipinski definition) is 3. The zero-order valence-corrected chi connectivity index (χ0v) is 12.4. The second kappa shape index (κ2) is 7.64. The predicted octanol–water partition coefficient (Wildman–Crippen LogP) is 3.86. The standard InChI is InChI=1S/C12H8Cl2O.H3O4P/c13-9-5-1-3-7-11(9)15-12-8-4-2-6-10(12)14;1-5(2,3)4/h1-8H;(H3,1,2,3,4). The number of halogens is 2. The summed E-state index contributed by atoms with van der Waals surface area (Å²) in [5.74, 6) is 1.21. The summed E-state index contributed by atoms with van der Waals surface area (Å²) in [6, 6.07) is 14.6. The van der Waals surface area contributed by atoms with Crippen LogP contribution in [0.5, 0.6) is 11.5 Å². The molecule has 0 saturated carbocycles. The van der Waals surface area contributed by atoms with E-state index in [0.29, 0.717) is 21.5 Å². The fourth-order valence-electron chi connectivity index (χ4n) is 1.17. The lowest BCUT2D eigenvalue weighted by Gasteiger charge is -2.08. The maximum absolute atomic E-state index is 8.88. The minimum atomic E-state index is -4.64. The van der Waals surface area contributed by atoms with Gasteiger partial charge in [0.25, 0.3) is 0 Å². The van der Waals surface area contributed by atoms with Crippen LogP contribution < -0.4 is 4.74 Å². The molecule has 0 spiro atoms. The van der Waals surface area contributed by atoms with Crippen LogP contribution in [0.3, 0.4) is 0 Å². The monoisotopic (exact) mass is 336 g/mol. The first-order valence-corrected chi connectivity index (χ1v) is 7.54. The molecule has 0 heterocycles. The van der Waals surface area contributed by atoms with Gasteiger partial charge in [0.2, 0.25) is 0 Å². The SMILES string of the molecule is Clc1ccccc1Oc1ccccc1Cl.O=P(O)(O)O. The van der Waals surface area contributed by atoms with Gasteiger partial charge in [-0.3, -0.25) is 0 Å². The van der Waals surface area contributed by atoms with Crippen LogP contribution in [0, 0.1) is 0 Å². The molecule has 0 unspecified atom stereocenters. The highest BCUT2D eigenvalue weighted by atomic mass is 35.5.